The Kier molecular flexibility index (Phi) is 5.03. The molecule has 1 fully saturated rings. The van der Waals surface area contributed by atoms with Crippen molar-refractivity contribution in [3.05, 3.63) is 33.3 Å². The van der Waals surface area contributed by atoms with Crippen molar-refractivity contribution in [1.29, 1.82) is 0 Å². The average Bonchev–Trinajstić information content (AvgIpc) is 2.85. The molecule has 1 amide bonds. The summed E-state index contributed by atoms with van der Waals surface area (Å²) in [7, 11) is 0. The highest BCUT2D eigenvalue weighted by Crippen LogP contribution is 2.23. The first-order valence-corrected chi connectivity index (χ1v) is 7.30. The Morgan fingerprint density at radius 3 is 3.06 bits per heavy atom. The number of hydrogen-bond acceptors (Lipinski definition) is 2. The molecule has 0 spiro atoms. The standard InChI is InChI=1S/C13H16BrClN2O/c14-11-4-3-9(8-12(11)15)13(18)17-7-5-10-2-1-6-16-10/h3-4,8,10,16H,1-2,5-7H2,(H,17,18)/t10-/m0/s1. The van der Waals surface area contributed by atoms with Crippen LogP contribution in [0.1, 0.15) is 29.6 Å². The maximum absolute atomic E-state index is 11.9. The lowest BCUT2D eigenvalue weighted by Crippen LogP contribution is -2.30. The predicted molar refractivity (Wildman–Crippen MR) is 77.1 cm³/mol. The minimum atomic E-state index is -0.0672. The summed E-state index contributed by atoms with van der Waals surface area (Å²) < 4.78 is 0.802. The van der Waals surface area contributed by atoms with Gasteiger partial charge in [0.2, 0.25) is 0 Å². The molecule has 1 aliphatic rings. The zero-order chi connectivity index (χ0) is 13.0. The van der Waals surface area contributed by atoms with Gasteiger partial charge in [-0.15, -0.1) is 0 Å². The second-order valence-electron chi connectivity index (χ2n) is 4.47. The van der Waals surface area contributed by atoms with Gasteiger partial charge in [-0.3, -0.25) is 4.79 Å². The van der Waals surface area contributed by atoms with Gasteiger partial charge in [-0.2, -0.15) is 0 Å². The summed E-state index contributed by atoms with van der Waals surface area (Å²) in [5.74, 6) is -0.0672. The van der Waals surface area contributed by atoms with E-state index in [-0.39, 0.29) is 5.91 Å². The van der Waals surface area contributed by atoms with Crippen molar-refractivity contribution in [2.24, 2.45) is 0 Å². The second kappa shape index (κ2) is 6.55. The van der Waals surface area contributed by atoms with Crippen LogP contribution < -0.4 is 10.6 Å². The molecule has 1 saturated heterocycles. The molecule has 2 N–H and O–H groups in total. The Morgan fingerprint density at radius 2 is 2.39 bits per heavy atom. The zero-order valence-electron chi connectivity index (χ0n) is 10.0. The summed E-state index contributed by atoms with van der Waals surface area (Å²) in [6, 6.07) is 5.78. The monoisotopic (exact) mass is 330 g/mol. The first kappa shape index (κ1) is 13.8. The van der Waals surface area contributed by atoms with Crippen LogP contribution in [0.5, 0.6) is 0 Å². The number of amides is 1. The number of benzene rings is 1. The van der Waals surface area contributed by atoms with Gasteiger partial charge in [-0.1, -0.05) is 11.6 Å². The van der Waals surface area contributed by atoms with Crippen molar-refractivity contribution in [2.45, 2.75) is 25.3 Å². The molecule has 1 atom stereocenters. The first-order valence-electron chi connectivity index (χ1n) is 6.13. The summed E-state index contributed by atoms with van der Waals surface area (Å²) in [5, 5.41) is 6.88. The van der Waals surface area contributed by atoms with Crippen LogP contribution in [0, 0.1) is 0 Å². The fourth-order valence-electron chi connectivity index (χ4n) is 2.10. The van der Waals surface area contributed by atoms with Crippen molar-refractivity contribution in [3.8, 4) is 0 Å². The summed E-state index contributed by atoms with van der Waals surface area (Å²) in [6.45, 7) is 1.80. The van der Waals surface area contributed by atoms with Crippen molar-refractivity contribution in [1.82, 2.24) is 10.6 Å². The maximum Gasteiger partial charge on any atom is 0.251 e. The molecule has 5 heteroatoms. The topological polar surface area (TPSA) is 41.1 Å². The fraction of sp³-hybridized carbons (Fsp3) is 0.462. The maximum atomic E-state index is 11.9. The van der Waals surface area contributed by atoms with E-state index in [0.717, 1.165) is 17.4 Å². The van der Waals surface area contributed by atoms with E-state index >= 15 is 0 Å². The molecule has 18 heavy (non-hydrogen) atoms. The van der Waals surface area contributed by atoms with E-state index in [4.69, 9.17) is 11.6 Å². The third-order valence-electron chi connectivity index (χ3n) is 3.12. The lowest BCUT2D eigenvalue weighted by molar-refractivity contribution is 0.0952. The molecule has 2 rings (SSSR count). The lowest BCUT2D eigenvalue weighted by Gasteiger charge is -2.11. The summed E-state index contributed by atoms with van der Waals surface area (Å²) in [6.07, 6.45) is 3.43. The molecule has 0 aromatic heterocycles. The molecule has 0 saturated carbocycles. The Balaban J connectivity index is 1.81. The van der Waals surface area contributed by atoms with Gasteiger partial charge in [-0.05, 0) is 59.9 Å². The minimum Gasteiger partial charge on any atom is -0.352 e. The SMILES string of the molecule is O=C(NCC[C@@H]1CCCN1)c1ccc(Br)c(Cl)c1. The molecule has 0 bridgehead atoms. The smallest absolute Gasteiger partial charge is 0.251 e. The summed E-state index contributed by atoms with van der Waals surface area (Å²) >= 11 is 9.26. The summed E-state index contributed by atoms with van der Waals surface area (Å²) in [5.41, 5.74) is 0.600. The normalized spacial score (nSPS) is 18.9. The van der Waals surface area contributed by atoms with Crippen molar-refractivity contribution < 1.29 is 4.79 Å². The van der Waals surface area contributed by atoms with Gasteiger partial charge in [0.25, 0.3) is 5.91 Å². The van der Waals surface area contributed by atoms with Crippen LogP contribution in [-0.2, 0) is 0 Å². The van der Waals surface area contributed by atoms with Gasteiger partial charge >= 0.3 is 0 Å². The number of carbonyl (C=O) groups excluding carboxylic acids is 1. The molecule has 1 aliphatic heterocycles. The van der Waals surface area contributed by atoms with Gasteiger partial charge in [0, 0.05) is 22.6 Å². The van der Waals surface area contributed by atoms with Crippen LogP contribution in [0.4, 0.5) is 0 Å². The Morgan fingerprint density at radius 1 is 1.56 bits per heavy atom. The molecule has 1 aromatic carbocycles. The van der Waals surface area contributed by atoms with E-state index in [2.05, 4.69) is 26.6 Å². The highest BCUT2D eigenvalue weighted by molar-refractivity contribution is 9.10. The van der Waals surface area contributed by atoms with E-state index in [1.165, 1.54) is 12.8 Å². The average molecular weight is 332 g/mol. The molecule has 3 nitrogen and oxygen atoms in total. The molecular formula is C13H16BrClN2O. The highest BCUT2D eigenvalue weighted by Gasteiger charge is 2.14. The number of hydrogen-bond donors (Lipinski definition) is 2. The Labute approximate surface area is 120 Å². The van der Waals surface area contributed by atoms with Gasteiger partial charge in [0.15, 0.2) is 0 Å². The van der Waals surface area contributed by atoms with Gasteiger partial charge in [0.05, 0.1) is 5.02 Å². The quantitative estimate of drug-likeness (QED) is 0.890. The van der Waals surface area contributed by atoms with Crippen LogP contribution in [0.15, 0.2) is 22.7 Å². The van der Waals surface area contributed by atoms with Crippen LogP contribution in [0.3, 0.4) is 0 Å². The number of nitrogens with one attached hydrogen (secondary N) is 2. The van der Waals surface area contributed by atoms with E-state index in [1.807, 2.05) is 0 Å². The number of carbonyl (C=O) groups is 1. The number of halogens is 2. The third kappa shape index (κ3) is 3.70. The fourth-order valence-corrected chi connectivity index (χ4v) is 2.53. The molecular weight excluding hydrogens is 316 g/mol. The van der Waals surface area contributed by atoms with E-state index < -0.39 is 0 Å². The molecule has 0 aliphatic carbocycles. The van der Waals surface area contributed by atoms with Gasteiger partial charge in [-0.25, -0.2) is 0 Å². The Bertz CT molecular complexity index is 433. The largest absolute Gasteiger partial charge is 0.352 e. The van der Waals surface area contributed by atoms with Gasteiger partial charge in [0.1, 0.15) is 0 Å². The third-order valence-corrected chi connectivity index (χ3v) is 4.36. The molecule has 0 unspecified atom stereocenters. The van der Waals surface area contributed by atoms with Crippen LogP contribution in [0.25, 0.3) is 0 Å². The highest BCUT2D eigenvalue weighted by atomic mass is 79.9. The van der Waals surface area contributed by atoms with Crippen molar-refractivity contribution >= 4 is 33.4 Å². The van der Waals surface area contributed by atoms with E-state index in [0.29, 0.717) is 23.2 Å². The molecule has 0 radical (unpaired) electrons. The molecule has 1 heterocycles. The minimum absolute atomic E-state index is 0.0672. The second-order valence-corrected chi connectivity index (χ2v) is 5.73. The van der Waals surface area contributed by atoms with Crippen LogP contribution in [0.2, 0.25) is 5.02 Å². The molecule has 98 valence electrons. The summed E-state index contributed by atoms with van der Waals surface area (Å²) in [4.78, 5) is 11.9. The zero-order valence-corrected chi connectivity index (χ0v) is 12.4. The van der Waals surface area contributed by atoms with Crippen LogP contribution in [-0.4, -0.2) is 25.0 Å². The lowest BCUT2D eigenvalue weighted by atomic mass is 10.1. The predicted octanol–water partition coefficient (Wildman–Crippen LogP) is 2.97. The first-order chi connectivity index (χ1) is 8.66. The van der Waals surface area contributed by atoms with E-state index in [1.54, 1.807) is 18.2 Å². The van der Waals surface area contributed by atoms with Crippen molar-refractivity contribution in [2.75, 3.05) is 13.1 Å². The van der Waals surface area contributed by atoms with Crippen LogP contribution >= 0.6 is 27.5 Å². The van der Waals surface area contributed by atoms with E-state index in [9.17, 15) is 4.79 Å². The number of rotatable bonds is 4. The van der Waals surface area contributed by atoms with Gasteiger partial charge < -0.3 is 10.6 Å². The Hall–Kier alpha value is -0.580. The van der Waals surface area contributed by atoms with Crippen molar-refractivity contribution in [3.63, 3.8) is 0 Å². The molecule has 1 aromatic rings.